The van der Waals surface area contributed by atoms with Crippen molar-refractivity contribution in [3.63, 3.8) is 0 Å². The molecule has 1 amide bonds. The average Bonchev–Trinajstić information content (AvgIpc) is 2.52. The highest BCUT2D eigenvalue weighted by Crippen LogP contribution is 2.15. The Labute approximate surface area is 145 Å². The van der Waals surface area contributed by atoms with Crippen LogP contribution in [0.25, 0.3) is 0 Å². The van der Waals surface area contributed by atoms with E-state index in [2.05, 4.69) is 0 Å². The molecule has 0 aliphatic heterocycles. The zero-order valence-electron chi connectivity index (χ0n) is 15.4. The first-order valence-corrected chi connectivity index (χ1v) is 8.46. The molecule has 0 heterocycles. The zero-order valence-corrected chi connectivity index (χ0v) is 15.4. The van der Waals surface area contributed by atoms with E-state index in [1.165, 1.54) is 4.90 Å². The van der Waals surface area contributed by atoms with Crippen LogP contribution in [0.4, 0.5) is 0 Å². The van der Waals surface area contributed by atoms with Gasteiger partial charge in [0.25, 0.3) is 0 Å². The number of esters is 1. The summed E-state index contributed by atoms with van der Waals surface area (Å²) in [7, 11) is 1.62. The van der Waals surface area contributed by atoms with Crippen molar-refractivity contribution < 1.29 is 14.3 Å². The molecule has 0 radical (unpaired) electrons. The van der Waals surface area contributed by atoms with Gasteiger partial charge in [0.2, 0.25) is 5.91 Å². The second-order valence-electron chi connectivity index (χ2n) is 6.97. The Morgan fingerprint density at radius 3 is 2.21 bits per heavy atom. The lowest BCUT2D eigenvalue weighted by atomic mass is 9.99. The molecule has 2 atom stereocenters. The van der Waals surface area contributed by atoms with Gasteiger partial charge in [0.05, 0.1) is 6.04 Å². The quantitative estimate of drug-likeness (QED) is 0.742. The molecule has 1 aromatic rings. The topological polar surface area (TPSA) is 72.6 Å². The van der Waals surface area contributed by atoms with E-state index >= 15 is 0 Å². The fourth-order valence-corrected chi connectivity index (χ4v) is 2.70. The second kappa shape index (κ2) is 9.42. The highest BCUT2D eigenvalue weighted by molar-refractivity contribution is 5.87. The third-order valence-electron chi connectivity index (χ3n) is 3.90. The van der Waals surface area contributed by atoms with Gasteiger partial charge in [-0.25, -0.2) is 4.79 Å². The van der Waals surface area contributed by atoms with E-state index in [9.17, 15) is 9.59 Å². The minimum Gasteiger partial charge on any atom is -0.459 e. The molecule has 0 saturated heterocycles. The maximum absolute atomic E-state index is 12.5. The smallest absolute Gasteiger partial charge is 0.329 e. The van der Waals surface area contributed by atoms with E-state index in [1.54, 1.807) is 7.05 Å². The normalized spacial score (nSPS) is 13.7. The van der Waals surface area contributed by atoms with Gasteiger partial charge in [-0.1, -0.05) is 58.0 Å². The molecule has 0 spiro atoms. The number of carbonyl (C=O) groups excluding carboxylic acids is 2. The van der Waals surface area contributed by atoms with E-state index < -0.39 is 18.1 Å². The van der Waals surface area contributed by atoms with E-state index in [-0.39, 0.29) is 18.4 Å². The minimum atomic E-state index is -0.639. The second-order valence-corrected chi connectivity index (χ2v) is 6.97. The summed E-state index contributed by atoms with van der Waals surface area (Å²) < 4.78 is 5.41. The van der Waals surface area contributed by atoms with E-state index in [4.69, 9.17) is 10.5 Å². The van der Waals surface area contributed by atoms with Gasteiger partial charge in [-0.3, -0.25) is 4.79 Å². The number of nitrogens with zero attached hydrogens (tertiary/aromatic N) is 1. The van der Waals surface area contributed by atoms with Crippen molar-refractivity contribution in [1.29, 1.82) is 0 Å². The number of benzene rings is 1. The highest BCUT2D eigenvalue weighted by atomic mass is 16.5. The summed E-state index contributed by atoms with van der Waals surface area (Å²) in [4.78, 5) is 26.4. The van der Waals surface area contributed by atoms with E-state index in [0.717, 1.165) is 5.56 Å². The first-order valence-electron chi connectivity index (χ1n) is 8.46. The molecule has 1 rings (SSSR count). The summed E-state index contributed by atoms with van der Waals surface area (Å²) in [5, 5.41) is 0. The average molecular weight is 334 g/mol. The molecule has 0 aliphatic carbocycles. The monoisotopic (exact) mass is 334 g/mol. The van der Waals surface area contributed by atoms with Crippen LogP contribution in [0.2, 0.25) is 0 Å². The number of hydrogen-bond acceptors (Lipinski definition) is 4. The zero-order chi connectivity index (χ0) is 18.3. The maximum Gasteiger partial charge on any atom is 0.329 e. The van der Waals surface area contributed by atoms with Crippen LogP contribution in [0.5, 0.6) is 0 Å². The molecule has 5 heteroatoms. The lowest BCUT2D eigenvalue weighted by Gasteiger charge is -2.31. The number of ether oxygens (including phenoxy) is 1. The van der Waals surface area contributed by atoms with Crippen molar-refractivity contribution in [3.8, 4) is 0 Å². The molecule has 5 nitrogen and oxygen atoms in total. The highest BCUT2D eigenvalue weighted by Gasteiger charge is 2.33. The summed E-state index contributed by atoms with van der Waals surface area (Å²) >= 11 is 0. The van der Waals surface area contributed by atoms with Crippen LogP contribution in [0.3, 0.4) is 0 Å². The predicted octanol–water partition coefficient (Wildman–Crippen LogP) is 2.59. The van der Waals surface area contributed by atoms with Gasteiger partial charge in [0, 0.05) is 7.05 Å². The molecule has 1 aromatic carbocycles. The van der Waals surface area contributed by atoms with Gasteiger partial charge < -0.3 is 15.4 Å². The third kappa shape index (κ3) is 5.96. The summed E-state index contributed by atoms with van der Waals surface area (Å²) in [6.07, 6.45) is 0.590. The maximum atomic E-state index is 12.5. The Balaban J connectivity index is 2.73. The standard InChI is InChI=1S/C19H30N2O3/c1-13(2)11-16(20)18(22)21(5)17(14(3)4)19(23)24-12-15-9-7-6-8-10-15/h6-10,13-14,16-17H,11-12,20H2,1-5H3/t16-,17-/m0/s1. The molecular formula is C19H30N2O3. The van der Waals surface area contributed by atoms with Gasteiger partial charge in [0.1, 0.15) is 12.6 Å². The van der Waals surface area contributed by atoms with Crippen LogP contribution >= 0.6 is 0 Å². The predicted molar refractivity (Wildman–Crippen MR) is 95.1 cm³/mol. The molecule has 2 N–H and O–H groups in total. The number of likely N-dealkylation sites (N-methyl/N-ethyl adjacent to an activating group) is 1. The lowest BCUT2D eigenvalue weighted by Crippen LogP contribution is -2.52. The molecule has 0 fully saturated rings. The third-order valence-corrected chi connectivity index (χ3v) is 3.90. The van der Waals surface area contributed by atoms with Crippen LogP contribution in [0.15, 0.2) is 30.3 Å². The van der Waals surface area contributed by atoms with Gasteiger partial charge in [0.15, 0.2) is 0 Å². The number of rotatable bonds is 8. The van der Waals surface area contributed by atoms with Crippen molar-refractivity contribution in [2.24, 2.45) is 17.6 Å². The first-order chi connectivity index (χ1) is 11.2. The lowest BCUT2D eigenvalue weighted by molar-refractivity contribution is -0.157. The Morgan fingerprint density at radius 1 is 1.12 bits per heavy atom. The molecule has 0 bridgehead atoms. The van der Waals surface area contributed by atoms with E-state index in [1.807, 2.05) is 58.0 Å². The number of carbonyl (C=O) groups is 2. The summed E-state index contributed by atoms with van der Waals surface area (Å²) in [6, 6.07) is 8.24. The van der Waals surface area contributed by atoms with Gasteiger partial charge in [-0.15, -0.1) is 0 Å². The van der Waals surface area contributed by atoms with Crippen molar-refractivity contribution in [2.75, 3.05) is 7.05 Å². The van der Waals surface area contributed by atoms with Gasteiger partial charge in [-0.2, -0.15) is 0 Å². The van der Waals surface area contributed by atoms with Crippen LogP contribution in [-0.4, -0.2) is 35.9 Å². The minimum absolute atomic E-state index is 0.0616. The Bertz CT molecular complexity index is 529. The summed E-state index contributed by atoms with van der Waals surface area (Å²) in [6.45, 7) is 8.02. The molecule has 134 valence electrons. The Morgan fingerprint density at radius 2 is 1.71 bits per heavy atom. The van der Waals surface area contributed by atoms with E-state index in [0.29, 0.717) is 12.3 Å². The number of nitrogens with two attached hydrogens (primary N) is 1. The Hall–Kier alpha value is -1.88. The SMILES string of the molecule is CC(C)C[C@H](N)C(=O)N(C)[C@H](C(=O)OCc1ccccc1)C(C)C. The van der Waals surface area contributed by atoms with Crippen LogP contribution in [0, 0.1) is 11.8 Å². The number of amides is 1. The molecule has 0 aliphatic rings. The largest absolute Gasteiger partial charge is 0.459 e. The number of hydrogen-bond donors (Lipinski definition) is 1. The first kappa shape index (κ1) is 20.2. The van der Waals surface area contributed by atoms with Crippen LogP contribution in [-0.2, 0) is 20.9 Å². The summed E-state index contributed by atoms with van der Waals surface area (Å²) in [5.41, 5.74) is 6.89. The van der Waals surface area contributed by atoms with Crippen LogP contribution < -0.4 is 5.73 Å². The van der Waals surface area contributed by atoms with Gasteiger partial charge >= 0.3 is 5.97 Å². The van der Waals surface area contributed by atoms with Crippen LogP contribution in [0.1, 0.15) is 39.7 Å². The molecule has 24 heavy (non-hydrogen) atoms. The fraction of sp³-hybridized carbons (Fsp3) is 0.579. The molecule has 0 aromatic heterocycles. The summed E-state index contributed by atoms with van der Waals surface area (Å²) in [5.74, 6) is -0.367. The Kier molecular flexibility index (Phi) is 7.92. The van der Waals surface area contributed by atoms with Crippen molar-refractivity contribution in [1.82, 2.24) is 4.90 Å². The van der Waals surface area contributed by atoms with Crippen molar-refractivity contribution in [3.05, 3.63) is 35.9 Å². The van der Waals surface area contributed by atoms with Gasteiger partial charge in [-0.05, 0) is 23.8 Å². The molecule has 0 unspecified atom stereocenters. The fourth-order valence-electron chi connectivity index (χ4n) is 2.70. The van der Waals surface area contributed by atoms with Crippen molar-refractivity contribution in [2.45, 2.75) is 52.8 Å². The molecule has 0 saturated carbocycles. The van der Waals surface area contributed by atoms with Crippen molar-refractivity contribution >= 4 is 11.9 Å². The molecular weight excluding hydrogens is 304 g/mol.